The number of nitrogens with two attached hydrogens (primary N) is 1. The van der Waals surface area contributed by atoms with Crippen molar-refractivity contribution in [2.75, 3.05) is 5.73 Å². The Morgan fingerprint density at radius 1 is 1.50 bits per heavy atom. The zero-order valence-corrected chi connectivity index (χ0v) is 7.24. The molecule has 1 aromatic rings. The first-order valence-corrected chi connectivity index (χ1v) is 3.87. The van der Waals surface area contributed by atoms with Gasteiger partial charge in [-0.3, -0.25) is 9.78 Å². The van der Waals surface area contributed by atoms with Crippen LogP contribution < -0.4 is 5.73 Å². The van der Waals surface area contributed by atoms with Crippen molar-refractivity contribution >= 4 is 11.5 Å². The molecular weight excluding hydrogens is 152 g/mol. The highest BCUT2D eigenvalue weighted by Crippen LogP contribution is 2.07. The zero-order chi connectivity index (χ0) is 9.14. The molecule has 3 nitrogen and oxygen atoms in total. The third-order valence-corrected chi connectivity index (χ3v) is 1.56. The van der Waals surface area contributed by atoms with Gasteiger partial charge in [0.1, 0.15) is 5.69 Å². The van der Waals surface area contributed by atoms with Crippen LogP contribution in [0.15, 0.2) is 18.3 Å². The van der Waals surface area contributed by atoms with Gasteiger partial charge in [-0.25, -0.2) is 0 Å². The minimum Gasteiger partial charge on any atom is -0.397 e. The molecule has 0 unspecified atom stereocenters. The van der Waals surface area contributed by atoms with Crippen LogP contribution in [0.1, 0.15) is 24.3 Å². The fourth-order valence-electron chi connectivity index (χ4n) is 0.847. The Morgan fingerprint density at radius 2 is 2.17 bits per heavy atom. The van der Waals surface area contributed by atoms with E-state index >= 15 is 0 Å². The molecule has 12 heavy (non-hydrogen) atoms. The Hall–Kier alpha value is -1.38. The molecule has 0 aliphatic rings. The molecular formula is C9H12N2O. The van der Waals surface area contributed by atoms with Crippen LogP contribution in [0.2, 0.25) is 0 Å². The van der Waals surface area contributed by atoms with E-state index in [9.17, 15) is 4.79 Å². The third kappa shape index (κ3) is 1.81. The summed E-state index contributed by atoms with van der Waals surface area (Å²) in [7, 11) is 0. The molecule has 0 amide bonds. The van der Waals surface area contributed by atoms with Crippen LogP contribution in [0, 0.1) is 5.92 Å². The second kappa shape index (κ2) is 3.34. The molecule has 0 bridgehead atoms. The molecule has 0 saturated carbocycles. The van der Waals surface area contributed by atoms with Crippen LogP contribution in [0.25, 0.3) is 0 Å². The highest BCUT2D eigenvalue weighted by atomic mass is 16.1. The SMILES string of the molecule is CC(C)C(=O)c1ccc(N)cn1. The average molecular weight is 164 g/mol. The molecule has 64 valence electrons. The molecule has 0 aliphatic carbocycles. The van der Waals surface area contributed by atoms with Crippen LogP contribution in [0.5, 0.6) is 0 Å². The topological polar surface area (TPSA) is 56.0 Å². The summed E-state index contributed by atoms with van der Waals surface area (Å²) in [5, 5.41) is 0. The van der Waals surface area contributed by atoms with Gasteiger partial charge in [0.2, 0.25) is 0 Å². The number of pyridine rings is 1. The lowest BCUT2D eigenvalue weighted by Gasteiger charge is -2.02. The molecule has 1 aromatic heterocycles. The number of hydrogen-bond donors (Lipinski definition) is 1. The number of carbonyl (C=O) groups is 1. The molecule has 3 heteroatoms. The quantitative estimate of drug-likeness (QED) is 0.674. The van der Waals surface area contributed by atoms with E-state index in [4.69, 9.17) is 5.73 Å². The lowest BCUT2D eigenvalue weighted by Crippen LogP contribution is -2.09. The van der Waals surface area contributed by atoms with E-state index in [0.29, 0.717) is 11.4 Å². The van der Waals surface area contributed by atoms with Crippen molar-refractivity contribution in [1.29, 1.82) is 0 Å². The molecule has 0 spiro atoms. The van der Waals surface area contributed by atoms with E-state index in [0.717, 1.165) is 0 Å². The molecule has 1 heterocycles. The van der Waals surface area contributed by atoms with E-state index in [1.807, 2.05) is 13.8 Å². The van der Waals surface area contributed by atoms with Gasteiger partial charge in [-0.05, 0) is 12.1 Å². The maximum Gasteiger partial charge on any atom is 0.183 e. The van der Waals surface area contributed by atoms with Gasteiger partial charge in [0.25, 0.3) is 0 Å². The average Bonchev–Trinajstić information content (AvgIpc) is 2.04. The smallest absolute Gasteiger partial charge is 0.183 e. The number of anilines is 1. The van der Waals surface area contributed by atoms with E-state index in [-0.39, 0.29) is 11.7 Å². The van der Waals surface area contributed by atoms with E-state index in [1.54, 1.807) is 12.1 Å². The van der Waals surface area contributed by atoms with Gasteiger partial charge in [0, 0.05) is 5.92 Å². The van der Waals surface area contributed by atoms with Crippen molar-refractivity contribution in [3.63, 3.8) is 0 Å². The first-order chi connectivity index (χ1) is 5.61. The number of aromatic nitrogens is 1. The van der Waals surface area contributed by atoms with E-state index in [1.165, 1.54) is 6.20 Å². The van der Waals surface area contributed by atoms with Gasteiger partial charge in [-0.2, -0.15) is 0 Å². The van der Waals surface area contributed by atoms with Gasteiger partial charge < -0.3 is 5.73 Å². The fourth-order valence-corrected chi connectivity index (χ4v) is 0.847. The number of Topliss-reactive ketones (excluding diaryl/α,β-unsaturated/α-hetero) is 1. The van der Waals surface area contributed by atoms with Crippen molar-refractivity contribution in [2.24, 2.45) is 5.92 Å². The second-order valence-electron chi connectivity index (χ2n) is 3.00. The largest absolute Gasteiger partial charge is 0.397 e. The third-order valence-electron chi connectivity index (χ3n) is 1.56. The van der Waals surface area contributed by atoms with Crippen LogP contribution >= 0.6 is 0 Å². The number of nitrogens with zero attached hydrogens (tertiary/aromatic N) is 1. The molecule has 0 atom stereocenters. The van der Waals surface area contributed by atoms with Gasteiger partial charge in [-0.15, -0.1) is 0 Å². The van der Waals surface area contributed by atoms with Crippen LogP contribution in [0.4, 0.5) is 5.69 Å². The summed E-state index contributed by atoms with van der Waals surface area (Å²) >= 11 is 0. The minimum absolute atomic E-state index is 0.0128. The normalized spacial score (nSPS) is 10.2. The predicted molar refractivity (Wildman–Crippen MR) is 47.8 cm³/mol. The summed E-state index contributed by atoms with van der Waals surface area (Å²) < 4.78 is 0. The monoisotopic (exact) mass is 164 g/mol. The van der Waals surface area contributed by atoms with Gasteiger partial charge >= 0.3 is 0 Å². The fraction of sp³-hybridized carbons (Fsp3) is 0.333. The van der Waals surface area contributed by atoms with Crippen LogP contribution in [-0.4, -0.2) is 10.8 Å². The first-order valence-electron chi connectivity index (χ1n) is 3.87. The Balaban J connectivity index is 2.90. The predicted octanol–water partition coefficient (Wildman–Crippen LogP) is 1.50. The molecule has 0 aliphatic heterocycles. The maximum atomic E-state index is 11.4. The lowest BCUT2D eigenvalue weighted by molar-refractivity contribution is 0.0934. The number of rotatable bonds is 2. The Morgan fingerprint density at radius 3 is 2.58 bits per heavy atom. The number of ketones is 1. The van der Waals surface area contributed by atoms with Crippen molar-refractivity contribution in [2.45, 2.75) is 13.8 Å². The van der Waals surface area contributed by atoms with Crippen molar-refractivity contribution in [1.82, 2.24) is 4.98 Å². The number of hydrogen-bond acceptors (Lipinski definition) is 3. The summed E-state index contributed by atoms with van der Waals surface area (Å²) in [6.07, 6.45) is 1.50. The molecule has 0 aromatic carbocycles. The van der Waals surface area contributed by atoms with Crippen LogP contribution in [-0.2, 0) is 0 Å². The first kappa shape index (κ1) is 8.71. The van der Waals surface area contributed by atoms with Gasteiger partial charge in [-0.1, -0.05) is 13.8 Å². The number of carbonyl (C=O) groups excluding carboxylic acids is 1. The number of nitrogen functional groups attached to an aromatic ring is 1. The van der Waals surface area contributed by atoms with Crippen molar-refractivity contribution in [3.8, 4) is 0 Å². The van der Waals surface area contributed by atoms with Crippen LogP contribution in [0.3, 0.4) is 0 Å². The molecule has 0 fully saturated rings. The Labute approximate surface area is 71.6 Å². The lowest BCUT2D eigenvalue weighted by atomic mass is 10.1. The molecule has 1 rings (SSSR count). The molecule has 2 N–H and O–H groups in total. The van der Waals surface area contributed by atoms with Gasteiger partial charge in [0.15, 0.2) is 5.78 Å². The molecule has 0 radical (unpaired) electrons. The summed E-state index contributed by atoms with van der Waals surface area (Å²) in [6, 6.07) is 3.33. The van der Waals surface area contributed by atoms with Gasteiger partial charge in [0.05, 0.1) is 11.9 Å². The standard InChI is InChI=1S/C9H12N2O/c1-6(2)9(12)8-4-3-7(10)5-11-8/h3-6H,10H2,1-2H3. The highest BCUT2D eigenvalue weighted by molar-refractivity contribution is 5.95. The summed E-state index contributed by atoms with van der Waals surface area (Å²) in [5.74, 6) is 0.0381. The molecule has 0 saturated heterocycles. The van der Waals surface area contributed by atoms with E-state index < -0.39 is 0 Å². The summed E-state index contributed by atoms with van der Waals surface area (Å²) in [5.41, 5.74) is 6.49. The summed E-state index contributed by atoms with van der Waals surface area (Å²) in [6.45, 7) is 3.70. The highest BCUT2D eigenvalue weighted by Gasteiger charge is 2.10. The second-order valence-corrected chi connectivity index (χ2v) is 3.00. The maximum absolute atomic E-state index is 11.4. The zero-order valence-electron chi connectivity index (χ0n) is 7.24. The van der Waals surface area contributed by atoms with E-state index in [2.05, 4.69) is 4.98 Å². The van der Waals surface area contributed by atoms with Crippen molar-refractivity contribution in [3.05, 3.63) is 24.0 Å². The Bertz CT molecular complexity index is 277. The minimum atomic E-state index is -0.0128. The van der Waals surface area contributed by atoms with Crippen molar-refractivity contribution < 1.29 is 4.79 Å². The summed E-state index contributed by atoms with van der Waals surface area (Å²) in [4.78, 5) is 15.3. The Kier molecular flexibility index (Phi) is 2.43.